The number of rotatable bonds is 6. The van der Waals surface area contributed by atoms with Gasteiger partial charge in [-0.2, -0.15) is 0 Å². The molecule has 1 heterocycles. The molecular formula is C24H27N3O. The lowest BCUT2D eigenvalue weighted by molar-refractivity contribution is 0.317. The number of hydrogen-bond donors (Lipinski definition) is 1. The highest BCUT2D eigenvalue weighted by molar-refractivity contribution is 6.00. The van der Waals surface area contributed by atoms with Gasteiger partial charge >= 0.3 is 0 Å². The van der Waals surface area contributed by atoms with Gasteiger partial charge in [0.05, 0.1) is 5.71 Å². The maximum Gasteiger partial charge on any atom is 0.0878 e. The van der Waals surface area contributed by atoms with Crippen molar-refractivity contribution in [1.29, 1.82) is 0 Å². The zero-order valence-electron chi connectivity index (χ0n) is 16.9. The third-order valence-electron chi connectivity index (χ3n) is 4.99. The lowest BCUT2D eigenvalue weighted by Gasteiger charge is -2.21. The minimum atomic E-state index is 0.0916. The second-order valence-electron chi connectivity index (χ2n) is 7.45. The topological polar surface area (TPSA) is 48.7 Å². The Balaban J connectivity index is 2.03. The van der Waals surface area contributed by atoms with E-state index in [2.05, 4.69) is 71.4 Å². The largest absolute Gasteiger partial charge is 0.411 e. The molecule has 0 bridgehead atoms. The van der Waals surface area contributed by atoms with E-state index in [-0.39, 0.29) is 5.92 Å². The fourth-order valence-corrected chi connectivity index (χ4v) is 3.60. The molecule has 0 spiro atoms. The normalized spacial score (nSPS) is 12.6. The lowest BCUT2D eigenvalue weighted by Crippen LogP contribution is -2.12. The number of oxime groups is 1. The van der Waals surface area contributed by atoms with E-state index in [0.29, 0.717) is 12.1 Å². The summed E-state index contributed by atoms with van der Waals surface area (Å²) in [5, 5.41) is 13.3. The summed E-state index contributed by atoms with van der Waals surface area (Å²) >= 11 is 0. The third kappa shape index (κ3) is 4.58. The number of hydrogen-bond acceptors (Lipinski definition) is 4. The summed E-state index contributed by atoms with van der Waals surface area (Å²) in [5.41, 5.74) is 7.59. The van der Waals surface area contributed by atoms with Crippen LogP contribution in [0, 0.1) is 13.8 Å². The van der Waals surface area contributed by atoms with E-state index in [4.69, 9.17) is 0 Å². The lowest BCUT2D eigenvalue weighted by atomic mass is 9.84. The van der Waals surface area contributed by atoms with Gasteiger partial charge in [-0.15, -0.1) is 0 Å². The van der Waals surface area contributed by atoms with E-state index in [9.17, 15) is 5.21 Å². The van der Waals surface area contributed by atoms with E-state index < -0.39 is 0 Å². The van der Waals surface area contributed by atoms with E-state index >= 15 is 0 Å². The van der Waals surface area contributed by atoms with Gasteiger partial charge in [-0.3, -0.25) is 4.98 Å². The van der Waals surface area contributed by atoms with Crippen LogP contribution in [0.5, 0.6) is 0 Å². The van der Waals surface area contributed by atoms with E-state index in [1.165, 1.54) is 22.3 Å². The van der Waals surface area contributed by atoms with Crippen LogP contribution in [0.4, 0.5) is 5.69 Å². The average Bonchev–Trinajstić information content (AvgIpc) is 2.69. The van der Waals surface area contributed by atoms with Gasteiger partial charge < -0.3 is 10.1 Å². The summed E-state index contributed by atoms with van der Waals surface area (Å²) in [5.74, 6) is 0.0916. The molecule has 144 valence electrons. The molecule has 28 heavy (non-hydrogen) atoms. The molecule has 0 radical (unpaired) electrons. The monoisotopic (exact) mass is 373 g/mol. The fourth-order valence-electron chi connectivity index (χ4n) is 3.60. The quantitative estimate of drug-likeness (QED) is 0.369. The van der Waals surface area contributed by atoms with Crippen molar-refractivity contribution in [2.75, 3.05) is 19.0 Å². The van der Waals surface area contributed by atoms with Gasteiger partial charge in [-0.25, -0.2) is 0 Å². The molecule has 3 rings (SSSR count). The Morgan fingerprint density at radius 3 is 2.07 bits per heavy atom. The highest BCUT2D eigenvalue weighted by Gasteiger charge is 2.19. The van der Waals surface area contributed by atoms with Gasteiger partial charge in [-0.05, 0) is 49.2 Å². The Bertz CT molecular complexity index is 927. The van der Waals surface area contributed by atoms with Crippen molar-refractivity contribution in [1.82, 2.24) is 4.98 Å². The Morgan fingerprint density at radius 1 is 0.929 bits per heavy atom. The number of nitrogens with zero attached hydrogens (tertiary/aromatic N) is 3. The molecule has 0 saturated heterocycles. The molecule has 0 amide bonds. The van der Waals surface area contributed by atoms with Gasteiger partial charge in [-0.1, -0.05) is 46.6 Å². The van der Waals surface area contributed by atoms with Crippen LogP contribution in [-0.2, 0) is 0 Å². The summed E-state index contributed by atoms with van der Waals surface area (Å²) in [7, 11) is 4.08. The summed E-state index contributed by atoms with van der Waals surface area (Å²) in [6.45, 7) is 4.24. The molecule has 1 atom stereocenters. The minimum absolute atomic E-state index is 0.0916. The summed E-state index contributed by atoms with van der Waals surface area (Å²) in [4.78, 5) is 6.16. The molecule has 0 aliphatic heterocycles. The first-order valence-corrected chi connectivity index (χ1v) is 9.44. The fraction of sp³-hybridized carbons (Fsp3) is 0.250. The molecule has 0 fully saturated rings. The number of anilines is 1. The number of benzene rings is 2. The first kappa shape index (κ1) is 19.6. The van der Waals surface area contributed by atoms with E-state index in [1.807, 2.05) is 26.2 Å². The minimum Gasteiger partial charge on any atom is -0.411 e. The Labute approximate surface area is 167 Å². The van der Waals surface area contributed by atoms with Crippen LogP contribution >= 0.6 is 0 Å². The highest BCUT2D eigenvalue weighted by Crippen LogP contribution is 2.32. The van der Waals surface area contributed by atoms with Crippen LogP contribution in [0.1, 0.15) is 40.2 Å². The third-order valence-corrected chi connectivity index (χ3v) is 4.99. The Kier molecular flexibility index (Phi) is 6.09. The van der Waals surface area contributed by atoms with Crippen molar-refractivity contribution in [3.8, 4) is 0 Å². The van der Waals surface area contributed by atoms with Gasteiger partial charge in [0.25, 0.3) is 0 Å². The van der Waals surface area contributed by atoms with Crippen LogP contribution in [0.3, 0.4) is 0 Å². The smallest absolute Gasteiger partial charge is 0.0878 e. The zero-order chi connectivity index (χ0) is 20.1. The number of pyridine rings is 1. The van der Waals surface area contributed by atoms with E-state index in [0.717, 1.165) is 11.3 Å². The molecule has 3 aromatic rings. The van der Waals surface area contributed by atoms with Gasteiger partial charge in [0, 0.05) is 50.1 Å². The van der Waals surface area contributed by atoms with Crippen LogP contribution < -0.4 is 4.90 Å². The van der Waals surface area contributed by atoms with Crippen LogP contribution in [0.25, 0.3) is 0 Å². The Hall–Kier alpha value is -3.14. The predicted molar refractivity (Wildman–Crippen MR) is 116 cm³/mol. The van der Waals surface area contributed by atoms with Crippen molar-refractivity contribution >= 4 is 11.4 Å². The molecule has 4 heteroatoms. The second-order valence-corrected chi connectivity index (χ2v) is 7.45. The first-order chi connectivity index (χ1) is 13.5. The number of aryl methyl sites for hydroxylation is 2. The molecular weight excluding hydrogens is 346 g/mol. The van der Waals surface area contributed by atoms with Gasteiger partial charge in [0.15, 0.2) is 0 Å². The summed E-state index contributed by atoms with van der Waals surface area (Å²) < 4.78 is 0. The molecule has 1 N–H and O–H groups in total. The van der Waals surface area contributed by atoms with Crippen LogP contribution in [0.15, 0.2) is 72.1 Å². The molecule has 1 aromatic heterocycles. The number of aromatic nitrogens is 1. The predicted octanol–water partition coefficient (Wildman–Crippen LogP) is 5.16. The molecule has 0 aliphatic carbocycles. The summed E-state index contributed by atoms with van der Waals surface area (Å²) in [6, 6.07) is 19.0. The average molecular weight is 374 g/mol. The standard InChI is InChI=1S/C24H27N3O/c1-17-13-18(2)15-21(14-17)23(19-5-7-22(8-6-19)27(3)4)16-24(26-28)20-9-11-25-12-10-20/h5-15,23,28H,16H2,1-4H3/b26-24+. The zero-order valence-corrected chi connectivity index (χ0v) is 16.9. The SMILES string of the molecule is Cc1cc(C)cc(C(C/C(=N\O)c2ccncc2)c2ccc(N(C)C)cc2)c1. The molecule has 0 saturated carbocycles. The van der Waals surface area contributed by atoms with Crippen LogP contribution in [-0.4, -0.2) is 30.0 Å². The summed E-state index contributed by atoms with van der Waals surface area (Å²) in [6.07, 6.45) is 4.04. The molecule has 4 nitrogen and oxygen atoms in total. The van der Waals surface area contributed by atoms with Crippen molar-refractivity contribution in [2.45, 2.75) is 26.2 Å². The highest BCUT2D eigenvalue weighted by atomic mass is 16.4. The van der Waals surface area contributed by atoms with Gasteiger partial charge in [0.2, 0.25) is 0 Å². The van der Waals surface area contributed by atoms with Crippen molar-refractivity contribution in [2.24, 2.45) is 5.16 Å². The molecule has 0 aliphatic rings. The second kappa shape index (κ2) is 8.70. The van der Waals surface area contributed by atoms with Crippen LogP contribution in [0.2, 0.25) is 0 Å². The molecule has 2 aromatic carbocycles. The maximum atomic E-state index is 9.71. The maximum absolute atomic E-state index is 9.71. The van der Waals surface area contributed by atoms with E-state index in [1.54, 1.807) is 12.4 Å². The first-order valence-electron chi connectivity index (χ1n) is 9.44. The van der Waals surface area contributed by atoms with Gasteiger partial charge in [0.1, 0.15) is 0 Å². The van der Waals surface area contributed by atoms with Crippen molar-refractivity contribution < 1.29 is 5.21 Å². The molecule has 1 unspecified atom stereocenters. The Morgan fingerprint density at radius 2 is 1.54 bits per heavy atom. The van der Waals surface area contributed by atoms with Crippen molar-refractivity contribution in [3.05, 3.63) is 94.8 Å². The van der Waals surface area contributed by atoms with Crippen molar-refractivity contribution in [3.63, 3.8) is 0 Å².